The first-order chi connectivity index (χ1) is 4.43. The Balaban J connectivity index is 1.80. The van der Waals surface area contributed by atoms with Crippen LogP contribution in [0.15, 0.2) is 0 Å². The highest BCUT2D eigenvalue weighted by Crippen LogP contribution is 2.05. The van der Waals surface area contributed by atoms with Gasteiger partial charge in [0.25, 0.3) is 0 Å². The van der Waals surface area contributed by atoms with E-state index in [9.17, 15) is 0 Å². The number of hydrogen-bond acceptors (Lipinski definition) is 2. The topological polar surface area (TPSA) is 18.5 Å². The molecule has 0 N–H and O–H groups in total. The summed E-state index contributed by atoms with van der Waals surface area (Å²) in [7, 11) is 0. The van der Waals surface area contributed by atoms with E-state index < -0.39 is 0 Å². The van der Waals surface area contributed by atoms with Gasteiger partial charge in [-0.15, -0.1) is 0 Å². The molecule has 0 aromatic carbocycles. The van der Waals surface area contributed by atoms with E-state index in [1.54, 1.807) is 0 Å². The van der Waals surface area contributed by atoms with E-state index in [-0.39, 0.29) is 0 Å². The van der Waals surface area contributed by atoms with Crippen LogP contribution in [0.5, 0.6) is 0 Å². The Labute approximate surface area is 63.7 Å². The molecule has 1 aliphatic rings. The third-order valence-electron chi connectivity index (χ3n) is 1.24. The fourth-order valence-electron chi connectivity index (χ4n) is 0.615. The van der Waals surface area contributed by atoms with E-state index in [1.807, 2.05) is 0 Å². The maximum atomic E-state index is 5.36. The first kappa shape index (κ1) is 7.51. The van der Waals surface area contributed by atoms with Crippen molar-refractivity contribution in [2.45, 2.75) is 12.5 Å². The smallest absolute Gasteiger partial charge is 0.104 e. The van der Waals surface area contributed by atoms with Gasteiger partial charge in [-0.3, -0.25) is 0 Å². The van der Waals surface area contributed by atoms with Crippen molar-refractivity contribution in [2.24, 2.45) is 0 Å². The van der Waals surface area contributed by atoms with Crippen LogP contribution in [0.1, 0.15) is 6.42 Å². The molecule has 0 aromatic rings. The minimum atomic E-state index is 0.393. The molecule has 1 saturated heterocycles. The highest BCUT2D eigenvalue weighted by atomic mass is 79.9. The second kappa shape index (κ2) is 4.25. The zero-order valence-electron chi connectivity index (χ0n) is 5.31. The summed E-state index contributed by atoms with van der Waals surface area (Å²) in [4.78, 5) is 0. The largest absolute Gasteiger partial charge is 0.376 e. The van der Waals surface area contributed by atoms with E-state index in [4.69, 9.17) is 9.47 Å². The quantitative estimate of drug-likeness (QED) is 0.495. The SMILES string of the molecule is BrCCCOC1COC1. The second-order valence-corrected chi connectivity index (χ2v) is 2.87. The molecule has 1 heterocycles. The van der Waals surface area contributed by atoms with Crippen LogP contribution in [0, 0.1) is 0 Å². The summed E-state index contributed by atoms with van der Waals surface area (Å²) in [5.41, 5.74) is 0. The molecule has 0 unspecified atom stereocenters. The zero-order valence-corrected chi connectivity index (χ0v) is 6.89. The van der Waals surface area contributed by atoms with Gasteiger partial charge in [0, 0.05) is 11.9 Å². The molecule has 0 atom stereocenters. The third-order valence-corrected chi connectivity index (χ3v) is 1.80. The lowest BCUT2D eigenvalue weighted by molar-refractivity contribution is -0.129. The van der Waals surface area contributed by atoms with E-state index in [1.165, 1.54) is 0 Å². The van der Waals surface area contributed by atoms with Crippen LogP contribution in [0.3, 0.4) is 0 Å². The molecule has 0 radical (unpaired) electrons. The average molecular weight is 195 g/mol. The van der Waals surface area contributed by atoms with Crippen LogP contribution < -0.4 is 0 Å². The standard InChI is InChI=1S/C6H11BrO2/c7-2-1-3-9-6-4-8-5-6/h6H,1-5H2. The lowest BCUT2D eigenvalue weighted by Crippen LogP contribution is -2.36. The molecule has 1 aliphatic heterocycles. The minimum absolute atomic E-state index is 0.393. The van der Waals surface area contributed by atoms with Crippen molar-refractivity contribution in [1.82, 2.24) is 0 Å². The van der Waals surface area contributed by atoms with Gasteiger partial charge in [0.15, 0.2) is 0 Å². The Morgan fingerprint density at radius 1 is 1.56 bits per heavy atom. The van der Waals surface area contributed by atoms with Crippen molar-refractivity contribution in [2.75, 3.05) is 25.2 Å². The summed E-state index contributed by atoms with van der Waals surface area (Å²) in [6.07, 6.45) is 1.49. The normalized spacial score (nSPS) is 19.7. The maximum absolute atomic E-state index is 5.36. The average Bonchev–Trinajstić information content (AvgIpc) is 1.76. The molecular weight excluding hydrogens is 184 g/mol. The predicted octanol–water partition coefficient (Wildman–Crippen LogP) is 1.19. The van der Waals surface area contributed by atoms with Crippen LogP contribution in [0.2, 0.25) is 0 Å². The molecule has 0 aliphatic carbocycles. The molecule has 1 fully saturated rings. The summed E-state index contributed by atoms with van der Waals surface area (Å²) in [5, 5.41) is 1.03. The molecule has 1 rings (SSSR count). The first-order valence-electron chi connectivity index (χ1n) is 3.19. The van der Waals surface area contributed by atoms with Crippen LogP contribution in [-0.4, -0.2) is 31.3 Å². The van der Waals surface area contributed by atoms with Crippen LogP contribution in [-0.2, 0) is 9.47 Å². The predicted molar refractivity (Wildman–Crippen MR) is 39.0 cm³/mol. The van der Waals surface area contributed by atoms with Gasteiger partial charge in [-0.25, -0.2) is 0 Å². The Morgan fingerprint density at radius 2 is 2.33 bits per heavy atom. The van der Waals surface area contributed by atoms with E-state index >= 15 is 0 Å². The Hall–Kier alpha value is 0.400. The molecule has 2 nitrogen and oxygen atoms in total. The molecule has 9 heavy (non-hydrogen) atoms. The Kier molecular flexibility index (Phi) is 3.55. The van der Waals surface area contributed by atoms with E-state index in [0.717, 1.165) is 31.6 Å². The number of halogens is 1. The van der Waals surface area contributed by atoms with Crippen molar-refractivity contribution in [1.29, 1.82) is 0 Å². The van der Waals surface area contributed by atoms with E-state index in [2.05, 4.69) is 15.9 Å². The number of hydrogen-bond donors (Lipinski definition) is 0. The Morgan fingerprint density at radius 3 is 2.78 bits per heavy atom. The summed E-state index contributed by atoms with van der Waals surface area (Å²) < 4.78 is 10.3. The van der Waals surface area contributed by atoms with Gasteiger partial charge in [-0.2, -0.15) is 0 Å². The highest BCUT2D eigenvalue weighted by molar-refractivity contribution is 9.09. The molecule has 54 valence electrons. The monoisotopic (exact) mass is 194 g/mol. The zero-order chi connectivity index (χ0) is 6.53. The fourth-order valence-corrected chi connectivity index (χ4v) is 0.844. The van der Waals surface area contributed by atoms with Gasteiger partial charge in [-0.1, -0.05) is 15.9 Å². The molecule has 0 aromatic heterocycles. The number of ether oxygens (including phenoxy) is 2. The third kappa shape index (κ3) is 2.65. The summed E-state index contributed by atoms with van der Waals surface area (Å²) >= 11 is 3.33. The number of rotatable bonds is 4. The number of alkyl halides is 1. The van der Waals surface area contributed by atoms with Crippen molar-refractivity contribution in [3.8, 4) is 0 Å². The van der Waals surface area contributed by atoms with Gasteiger partial charge in [0.2, 0.25) is 0 Å². The lowest BCUT2D eigenvalue weighted by Gasteiger charge is -2.25. The second-order valence-electron chi connectivity index (χ2n) is 2.07. The molecule has 0 saturated carbocycles. The van der Waals surface area contributed by atoms with Crippen molar-refractivity contribution >= 4 is 15.9 Å². The van der Waals surface area contributed by atoms with Crippen molar-refractivity contribution in [3.63, 3.8) is 0 Å². The first-order valence-corrected chi connectivity index (χ1v) is 4.31. The van der Waals surface area contributed by atoms with Gasteiger partial charge in [-0.05, 0) is 6.42 Å². The van der Waals surface area contributed by atoms with Gasteiger partial charge < -0.3 is 9.47 Å². The maximum Gasteiger partial charge on any atom is 0.104 e. The van der Waals surface area contributed by atoms with Gasteiger partial charge in [0.05, 0.1) is 13.2 Å². The molecule has 0 spiro atoms. The van der Waals surface area contributed by atoms with E-state index in [0.29, 0.717) is 6.10 Å². The highest BCUT2D eigenvalue weighted by Gasteiger charge is 2.17. The van der Waals surface area contributed by atoms with Crippen molar-refractivity contribution < 1.29 is 9.47 Å². The minimum Gasteiger partial charge on any atom is -0.376 e. The molecular formula is C6H11BrO2. The van der Waals surface area contributed by atoms with Gasteiger partial charge in [0.1, 0.15) is 6.10 Å². The molecule has 3 heteroatoms. The molecule has 0 amide bonds. The Bertz CT molecular complexity index is 73.5. The summed E-state index contributed by atoms with van der Waals surface area (Å²) in [5.74, 6) is 0. The fraction of sp³-hybridized carbons (Fsp3) is 1.00. The lowest BCUT2D eigenvalue weighted by atomic mass is 10.3. The van der Waals surface area contributed by atoms with Crippen LogP contribution >= 0.6 is 15.9 Å². The van der Waals surface area contributed by atoms with Gasteiger partial charge >= 0.3 is 0 Å². The van der Waals surface area contributed by atoms with Crippen LogP contribution in [0.4, 0.5) is 0 Å². The summed E-state index contributed by atoms with van der Waals surface area (Å²) in [6.45, 7) is 2.45. The van der Waals surface area contributed by atoms with Crippen LogP contribution in [0.25, 0.3) is 0 Å². The molecule has 0 bridgehead atoms. The van der Waals surface area contributed by atoms with Crippen molar-refractivity contribution in [3.05, 3.63) is 0 Å². The summed E-state index contributed by atoms with van der Waals surface area (Å²) in [6, 6.07) is 0.